The van der Waals surface area contributed by atoms with Crippen LogP contribution in [-0.2, 0) is 20.2 Å². The first-order valence-corrected chi connectivity index (χ1v) is 7.67. The molecule has 0 amide bonds. The summed E-state index contributed by atoms with van der Waals surface area (Å²) in [4.78, 5) is -2.19. The van der Waals surface area contributed by atoms with Gasteiger partial charge in [0.2, 0.25) is 0 Å². The van der Waals surface area contributed by atoms with Crippen molar-refractivity contribution in [2.24, 2.45) is 0 Å². The third-order valence-corrected chi connectivity index (χ3v) is 4.44. The molecule has 0 saturated heterocycles. The van der Waals surface area contributed by atoms with Crippen molar-refractivity contribution in [3.8, 4) is 0 Å². The van der Waals surface area contributed by atoms with Crippen LogP contribution in [0.2, 0.25) is 0 Å². The monoisotopic (exact) mass is 347 g/mol. The van der Waals surface area contributed by atoms with Crippen molar-refractivity contribution in [2.75, 3.05) is 5.73 Å². The minimum absolute atomic E-state index is 0. The van der Waals surface area contributed by atoms with Crippen LogP contribution in [0.25, 0.3) is 10.8 Å². The van der Waals surface area contributed by atoms with Gasteiger partial charge in [0.05, 0.1) is 9.79 Å². The van der Waals surface area contributed by atoms with Crippen LogP contribution in [0, 0.1) is 0 Å². The molecule has 0 unspecified atom stereocenters. The summed E-state index contributed by atoms with van der Waals surface area (Å²) in [5, 5.41) is -0.00347. The van der Waals surface area contributed by atoms with Crippen LogP contribution in [0.1, 0.15) is 0 Å². The molecular formula is C10H7NNa2O6S2. The summed E-state index contributed by atoms with van der Waals surface area (Å²) in [6.45, 7) is 0. The molecule has 21 heavy (non-hydrogen) atoms. The molecule has 11 heteroatoms. The van der Waals surface area contributed by atoms with E-state index < -0.39 is 30.0 Å². The normalized spacial score (nSPS) is 11.5. The fourth-order valence-electron chi connectivity index (χ4n) is 1.79. The van der Waals surface area contributed by atoms with Gasteiger partial charge in [0.15, 0.2) is 0 Å². The zero-order chi connectivity index (χ0) is 14.4. The maximum Gasteiger partial charge on any atom is 1.00 e. The van der Waals surface area contributed by atoms with E-state index >= 15 is 0 Å². The van der Waals surface area contributed by atoms with E-state index in [9.17, 15) is 25.9 Å². The van der Waals surface area contributed by atoms with Crippen LogP contribution >= 0.6 is 0 Å². The Bertz CT molecular complexity index is 880. The summed E-state index contributed by atoms with van der Waals surface area (Å²) >= 11 is 0. The van der Waals surface area contributed by atoms with E-state index in [2.05, 4.69) is 0 Å². The van der Waals surface area contributed by atoms with Crippen molar-refractivity contribution in [1.29, 1.82) is 0 Å². The first-order valence-electron chi connectivity index (χ1n) is 4.85. The van der Waals surface area contributed by atoms with Crippen LogP contribution in [0.15, 0.2) is 40.1 Å². The number of hydrogen-bond donors (Lipinski definition) is 1. The topological polar surface area (TPSA) is 140 Å². The summed E-state index contributed by atoms with van der Waals surface area (Å²) in [6.07, 6.45) is 0. The van der Waals surface area contributed by atoms with E-state index in [-0.39, 0.29) is 75.6 Å². The van der Waals surface area contributed by atoms with Gasteiger partial charge in [-0.1, -0.05) is 24.3 Å². The molecular weight excluding hydrogens is 340 g/mol. The smallest absolute Gasteiger partial charge is 0.744 e. The Labute approximate surface area is 166 Å². The van der Waals surface area contributed by atoms with E-state index in [1.807, 2.05) is 0 Å². The Kier molecular flexibility index (Phi) is 7.37. The molecule has 0 spiro atoms. The number of hydrogen-bond acceptors (Lipinski definition) is 7. The molecule has 2 aromatic carbocycles. The van der Waals surface area contributed by atoms with Crippen LogP contribution in [0.4, 0.5) is 5.69 Å². The summed E-state index contributed by atoms with van der Waals surface area (Å²) in [7, 11) is -10.3. The fourth-order valence-corrected chi connectivity index (χ4v) is 3.77. The molecule has 0 aliphatic carbocycles. The second-order valence-electron chi connectivity index (χ2n) is 3.75. The third-order valence-electron chi connectivity index (χ3n) is 2.51. The quantitative estimate of drug-likeness (QED) is 0.324. The fraction of sp³-hybridized carbons (Fsp3) is 0. The molecule has 0 aliphatic heterocycles. The van der Waals surface area contributed by atoms with Crippen molar-refractivity contribution < 1.29 is 85.1 Å². The molecule has 0 heterocycles. The molecule has 2 aromatic rings. The summed E-state index contributed by atoms with van der Waals surface area (Å²) in [5.41, 5.74) is 5.47. The van der Waals surface area contributed by atoms with Crippen molar-refractivity contribution in [1.82, 2.24) is 0 Å². The van der Waals surface area contributed by atoms with Gasteiger partial charge in [0, 0.05) is 16.5 Å². The van der Waals surface area contributed by atoms with Gasteiger partial charge in [-0.3, -0.25) is 0 Å². The van der Waals surface area contributed by atoms with Gasteiger partial charge in [-0.05, 0) is 6.07 Å². The Hall–Kier alpha value is 0.320. The van der Waals surface area contributed by atoms with Gasteiger partial charge >= 0.3 is 59.1 Å². The van der Waals surface area contributed by atoms with Crippen molar-refractivity contribution in [3.05, 3.63) is 30.3 Å². The molecule has 2 N–H and O–H groups in total. The first kappa shape index (κ1) is 21.3. The Morgan fingerprint density at radius 1 is 0.857 bits per heavy atom. The molecule has 0 radical (unpaired) electrons. The minimum atomic E-state index is -5.14. The maximum absolute atomic E-state index is 11.2. The van der Waals surface area contributed by atoms with Gasteiger partial charge in [-0.15, -0.1) is 0 Å². The zero-order valence-corrected chi connectivity index (χ0v) is 16.9. The molecule has 0 bridgehead atoms. The summed E-state index contributed by atoms with van der Waals surface area (Å²) in [5.74, 6) is 0. The number of nitrogens with two attached hydrogens (primary N) is 1. The molecule has 0 saturated carbocycles. The predicted octanol–water partition coefficient (Wildman–Crippen LogP) is -5.76. The minimum Gasteiger partial charge on any atom is -0.744 e. The number of nitrogen functional groups attached to an aromatic ring is 1. The van der Waals surface area contributed by atoms with Gasteiger partial charge in [-0.25, -0.2) is 16.8 Å². The average molecular weight is 347 g/mol. The number of fused-ring (bicyclic) bond motifs is 1. The standard InChI is InChI=1S/C10H9NO6S2.2Na/c11-8-5-9(18(12,13)14)10(19(15,16)17)7-4-2-1-3-6(7)8;;/h1-5H,11H2,(H,12,13,14)(H,15,16,17);;/q;2*+1/p-2. The number of anilines is 1. The van der Waals surface area contributed by atoms with E-state index in [1.54, 1.807) is 0 Å². The second kappa shape index (κ2) is 7.26. The van der Waals surface area contributed by atoms with Crippen LogP contribution in [0.5, 0.6) is 0 Å². The number of rotatable bonds is 2. The summed E-state index contributed by atoms with van der Waals surface area (Å²) in [6, 6.07) is 6.25. The molecule has 0 atom stereocenters. The third kappa shape index (κ3) is 4.41. The van der Waals surface area contributed by atoms with Crippen LogP contribution < -0.4 is 64.8 Å². The van der Waals surface area contributed by atoms with Gasteiger partial charge in [0.25, 0.3) is 0 Å². The van der Waals surface area contributed by atoms with E-state index in [4.69, 9.17) is 5.73 Å². The van der Waals surface area contributed by atoms with Crippen molar-refractivity contribution >= 4 is 36.7 Å². The Balaban J connectivity index is 0.00000200. The van der Waals surface area contributed by atoms with E-state index in [0.717, 1.165) is 0 Å². The Morgan fingerprint density at radius 3 is 1.76 bits per heavy atom. The Morgan fingerprint density at radius 2 is 1.33 bits per heavy atom. The van der Waals surface area contributed by atoms with Crippen molar-refractivity contribution in [2.45, 2.75) is 9.79 Å². The van der Waals surface area contributed by atoms with Gasteiger partial charge < -0.3 is 14.8 Å². The average Bonchev–Trinajstić information content (AvgIpc) is 2.26. The van der Waals surface area contributed by atoms with Crippen LogP contribution in [0.3, 0.4) is 0 Å². The molecule has 0 fully saturated rings. The zero-order valence-electron chi connectivity index (χ0n) is 11.2. The largest absolute Gasteiger partial charge is 1.00 e. The van der Waals surface area contributed by atoms with Crippen molar-refractivity contribution in [3.63, 3.8) is 0 Å². The molecule has 2 rings (SSSR count). The summed E-state index contributed by atoms with van der Waals surface area (Å²) < 4.78 is 66.9. The maximum atomic E-state index is 11.2. The van der Waals surface area contributed by atoms with E-state index in [1.165, 1.54) is 24.3 Å². The van der Waals surface area contributed by atoms with Gasteiger partial charge in [-0.2, -0.15) is 0 Å². The first-order chi connectivity index (χ1) is 8.62. The predicted molar refractivity (Wildman–Crippen MR) is 64.3 cm³/mol. The number of benzene rings is 2. The molecule has 7 nitrogen and oxygen atoms in total. The second-order valence-corrected chi connectivity index (χ2v) is 6.41. The molecule has 0 aliphatic rings. The van der Waals surface area contributed by atoms with E-state index in [0.29, 0.717) is 6.07 Å². The SMILES string of the molecule is Nc1cc(S(=O)(=O)[O-])c(S(=O)(=O)[O-])c2ccccc12.[Na+].[Na+]. The molecule has 0 aromatic heterocycles. The van der Waals surface area contributed by atoms with Gasteiger partial charge in [0.1, 0.15) is 20.2 Å². The molecule has 102 valence electrons. The van der Waals surface area contributed by atoms with Crippen LogP contribution in [-0.4, -0.2) is 25.9 Å².